The molecular formula is C21H15F2N5O. The molecule has 8 heteroatoms. The van der Waals surface area contributed by atoms with Gasteiger partial charge in [-0.2, -0.15) is 0 Å². The molecule has 29 heavy (non-hydrogen) atoms. The van der Waals surface area contributed by atoms with Gasteiger partial charge in [-0.3, -0.25) is 4.79 Å². The van der Waals surface area contributed by atoms with E-state index < -0.39 is 17.5 Å². The Morgan fingerprint density at radius 2 is 1.76 bits per heavy atom. The molecule has 1 amide bonds. The number of nitrogens with two attached hydrogens (primary N) is 1. The molecule has 0 unspecified atom stereocenters. The predicted molar refractivity (Wildman–Crippen MR) is 108 cm³/mol. The van der Waals surface area contributed by atoms with Crippen molar-refractivity contribution in [3.63, 3.8) is 0 Å². The van der Waals surface area contributed by atoms with E-state index >= 15 is 0 Å². The number of carbonyl (C=O) groups excluding carboxylic acids is 1. The summed E-state index contributed by atoms with van der Waals surface area (Å²) in [5.41, 5.74) is 7.44. The van der Waals surface area contributed by atoms with Crippen LogP contribution in [0.25, 0.3) is 10.9 Å². The standard InChI is InChI=1S/C21H15F2N5O/c22-13-6-9-17(24)18(10-13)28-21(29)12-4-7-14(8-5-12)27-20-15-2-1-3-16(23)19(15)25-11-26-20/h1-11H,24H2,(H,28,29)(H,25,26,27). The maximum atomic E-state index is 13.9. The van der Waals surface area contributed by atoms with Gasteiger partial charge >= 0.3 is 0 Å². The van der Waals surface area contributed by atoms with Crippen molar-refractivity contribution in [3.05, 3.63) is 84.2 Å². The second kappa shape index (κ2) is 7.51. The van der Waals surface area contributed by atoms with Gasteiger partial charge in [0.05, 0.1) is 11.4 Å². The first-order valence-corrected chi connectivity index (χ1v) is 8.64. The Labute approximate surface area is 164 Å². The number of nitrogen functional groups attached to an aromatic ring is 1. The number of aromatic nitrogens is 2. The van der Waals surface area contributed by atoms with Crippen LogP contribution in [0.2, 0.25) is 0 Å². The number of carbonyl (C=O) groups is 1. The summed E-state index contributed by atoms with van der Waals surface area (Å²) in [5, 5.41) is 6.21. The fraction of sp³-hybridized carbons (Fsp3) is 0. The van der Waals surface area contributed by atoms with Crippen LogP contribution < -0.4 is 16.4 Å². The summed E-state index contributed by atoms with van der Waals surface area (Å²) in [7, 11) is 0. The first kappa shape index (κ1) is 18.3. The van der Waals surface area contributed by atoms with Crippen LogP contribution in [0.3, 0.4) is 0 Å². The molecule has 0 saturated heterocycles. The second-order valence-electron chi connectivity index (χ2n) is 6.25. The molecule has 0 radical (unpaired) electrons. The van der Waals surface area contributed by atoms with E-state index in [0.717, 1.165) is 6.07 Å². The molecule has 1 heterocycles. The van der Waals surface area contributed by atoms with E-state index in [1.54, 1.807) is 36.4 Å². The number of amides is 1. The molecule has 0 aliphatic rings. The molecule has 0 fully saturated rings. The third-order valence-corrected chi connectivity index (χ3v) is 4.29. The number of rotatable bonds is 4. The normalized spacial score (nSPS) is 10.7. The topological polar surface area (TPSA) is 92.9 Å². The number of hydrogen-bond donors (Lipinski definition) is 3. The van der Waals surface area contributed by atoms with E-state index in [1.165, 1.54) is 24.5 Å². The first-order chi connectivity index (χ1) is 14.0. The molecule has 0 aliphatic heterocycles. The Morgan fingerprint density at radius 1 is 0.966 bits per heavy atom. The number of nitrogens with one attached hydrogen (secondary N) is 2. The highest BCUT2D eigenvalue weighted by Gasteiger charge is 2.11. The molecule has 4 rings (SSSR count). The Balaban J connectivity index is 1.53. The summed E-state index contributed by atoms with van der Waals surface area (Å²) in [6.07, 6.45) is 1.28. The summed E-state index contributed by atoms with van der Waals surface area (Å²) in [6, 6.07) is 14.9. The largest absolute Gasteiger partial charge is 0.397 e. The van der Waals surface area contributed by atoms with Crippen LogP contribution >= 0.6 is 0 Å². The lowest BCUT2D eigenvalue weighted by molar-refractivity contribution is 0.102. The number of fused-ring (bicyclic) bond motifs is 1. The molecule has 0 spiro atoms. The zero-order valence-corrected chi connectivity index (χ0v) is 15.0. The highest BCUT2D eigenvalue weighted by molar-refractivity contribution is 6.06. The molecule has 144 valence electrons. The predicted octanol–water partition coefficient (Wildman–Crippen LogP) is 4.49. The average molecular weight is 391 g/mol. The average Bonchev–Trinajstić information content (AvgIpc) is 2.72. The van der Waals surface area contributed by atoms with Crippen LogP contribution in [0.1, 0.15) is 10.4 Å². The molecular weight excluding hydrogens is 376 g/mol. The maximum Gasteiger partial charge on any atom is 0.255 e. The summed E-state index contributed by atoms with van der Waals surface area (Å²) in [6.45, 7) is 0. The van der Waals surface area contributed by atoms with Gasteiger partial charge < -0.3 is 16.4 Å². The van der Waals surface area contributed by atoms with E-state index in [9.17, 15) is 13.6 Å². The van der Waals surface area contributed by atoms with E-state index in [1.807, 2.05) is 0 Å². The Hall–Kier alpha value is -4.07. The first-order valence-electron chi connectivity index (χ1n) is 8.64. The highest BCUT2D eigenvalue weighted by atomic mass is 19.1. The van der Waals surface area contributed by atoms with Crippen molar-refractivity contribution in [2.24, 2.45) is 0 Å². The number of halogens is 2. The molecule has 0 bridgehead atoms. The molecule has 0 aliphatic carbocycles. The second-order valence-corrected chi connectivity index (χ2v) is 6.25. The van der Waals surface area contributed by atoms with Crippen LogP contribution in [-0.4, -0.2) is 15.9 Å². The van der Waals surface area contributed by atoms with Crippen molar-refractivity contribution in [1.82, 2.24) is 9.97 Å². The SMILES string of the molecule is Nc1ccc(F)cc1NC(=O)c1ccc(Nc2ncnc3c(F)cccc23)cc1. The smallest absolute Gasteiger partial charge is 0.255 e. The lowest BCUT2D eigenvalue weighted by Gasteiger charge is -2.10. The van der Waals surface area contributed by atoms with Gasteiger partial charge in [0.25, 0.3) is 5.91 Å². The molecule has 4 N–H and O–H groups in total. The maximum absolute atomic E-state index is 13.9. The quantitative estimate of drug-likeness (QED) is 0.446. The lowest BCUT2D eigenvalue weighted by Crippen LogP contribution is -2.13. The molecule has 3 aromatic carbocycles. The van der Waals surface area contributed by atoms with Gasteiger partial charge in [-0.15, -0.1) is 0 Å². The fourth-order valence-corrected chi connectivity index (χ4v) is 2.82. The number of nitrogens with zero attached hydrogens (tertiary/aromatic N) is 2. The molecule has 6 nitrogen and oxygen atoms in total. The number of hydrogen-bond acceptors (Lipinski definition) is 5. The van der Waals surface area contributed by atoms with Crippen molar-refractivity contribution in [2.45, 2.75) is 0 Å². The van der Waals surface area contributed by atoms with Crippen molar-refractivity contribution in [1.29, 1.82) is 0 Å². The Bertz CT molecular complexity index is 1210. The van der Waals surface area contributed by atoms with E-state index in [4.69, 9.17) is 5.73 Å². The van der Waals surface area contributed by atoms with Crippen LogP contribution in [-0.2, 0) is 0 Å². The van der Waals surface area contributed by atoms with Crippen molar-refractivity contribution in [2.75, 3.05) is 16.4 Å². The third-order valence-electron chi connectivity index (χ3n) is 4.29. The Kier molecular flexibility index (Phi) is 4.74. The van der Waals surface area contributed by atoms with Crippen LogP contribution in [0.15, 0.2) is 67.0 Å². The number of anilines is 4. The van der Waals surface area contributed by atoms with E-state index in [2.05, 4.69) is 20.6 Å². The molecule has 4 aromatic rings. The van der Waals surface area contributed by atoms with Gasteiger partial charge in [-0.25, -0.2) is 18.7 Å². The van der Waals surface area contributed by atoms with Crippen LogP contribution in [0.4, 0.5) is 31.7 Å². The van der Waals surface area contributed by atoms with E-state index in [0.29, 0.717) is 22.5 Å². The van der Waals surface area contributed by atoms with Crippen molar-refractivity contribution >= 4 is 39.7 Å². The van der Waals surface area contributed by atoms with Gasteiger partial charge in [0.1, 0.15) is 29.3 Å². The fourth-order valence-electron chi connectivity index (χ4n) is 2.82. The van der Waals surface area contributed by atoms with Gasteiger partial charge in [-0.05, 0) is 54.6 Å². The van der Waals surface area contributed by atoms with Gasteiger partial charge in [-0.1, -0.05) is 6.07 Å². The van der Waals surface area contributed by atoms with Gasteiger partial charge in [0.15, 0.2) is 0 Å². The van der Waals surface area contributed by atoms with Gasteiger partial charge in [0.2, 0.25) is 0 Å². The summed E-state index contributed by atoms with van der Waals surface area (Å²) in [5.74, 6) is -0.915. The summed E-state index contributed by atoms with van der Waals surface area (Å²) >= 11 is 0. The van der Waals surface area contributed by atoms with Gasteiger partial charge in [0, 0.05) is 16.6 Å². The van der Waals surface area contributed by atoms with Crippen molar-refractivity contribution < 1.29 is 13.6 Å². The summed E-state index contributed by atoms with van der Waals surface area (Å²) < 4.78 is 27.2. The zero-order chi connectivity index (χ0) is 20.4. The molecule has 0 atom stereocenters. The minimum atomic E-state index is -0.498. The van der Waals surface area contributed by atoms with E-state index in [-0.39, 0.29) is 16.9 Å². The lowest BCUT2D eigenvalue weighted by atomic mass is 10.1. The van der Waals surface area contributed by atoms with Crippen molar-refractivity contribution in [3.8, 4) is 0 Å². The highest BCUT2D eigenvalue weighted by Crippen LogP contribution is 2.25. The zero-order valence-electron chi connectivity index (χ0n) is 15.0. The van der Waals surface area contributed by atoms with Crippen LogP contribution in [0.5, 0.6) is 0 Å². The number of benzene rings is 3. The minimum absolute atomic E-state index is 0.201. The number of para-hydroxylation sites is 1. The monoisotopic (exact) mass is 391 g/mol. The summed E-state index contributed by atoms with van der Waals surface area (Å²) in [4.78, 5) is 20.5. The third kappa shape index (κ3) is 3.81. The van der Waals surface area contributed by atoms with Crippen LogP contribution in [0, 0.1) is 11.6 Å². The molecule has 0 saturated carbocycles. The molecule has 1 aromatic heterocycles. The minimum Gasteiger partial charge on any atom is -0.397 e. The Morgan fingerprint density at radius 3 is 2.55 bits per heavy atom.